The maximum atomic E-state index is 12.4. The highest BCUT2D eigenvalue weighted by Crippen LogP contribution is 2.35. The van der Waals surface area contributed by atoms with Gasteiger partial charge in [0.2, 0.25) is 11.9 Å². The third-order valence-corrected chi connectivity index (χ3v) is 7.37. The maximum absolute atomic E-state index is 12.4. The molecule has 1 aliphatic carbocycles. The molecule has 8 nitrogen and oxygen atoms in total. The van der Waals surface area contributed by atoms with E-state index in [2.05, 4.69) is 59.9 Å². The lowest BCUT2D eigenvalue weighted by atomic mass is 9.98. The van der Waals surface area contributed by atoms with E-state index in [4.69, 9.17) is 4.98 Å². The predicted molar refractivity (Wildman–Crippen MR) is 142 cm³/mol. The molecule has 0 radical (unpaired) electrons. The van der Waals surface area contributed by atoms with Crippen LogP contribution in [-0.2, 0) is 4.79 Å². The standard InChI is InChI=1S/C28H34N6O2/c1-4-24(32-14-16-33(17-15-32)25(35)5-2)21-8-6-20(7-9-21)19(3)30-28-29-18-22-10-13-26(36)34(23-11-12-23)27(22)31-28/h5-10,13,18-19,23-24H,2,4,11-12,14-17H2,1,3H3,(H,29,30,31). The van der Waals surface area contributed by atoms with Gasteiger partial charge in [-0.3, -0.25) is 19.1 Å². The van der Waals surface area contributed by atoms with Crippen LogP contribution in [0.1, 0.15) is 62.4 Å². The van der Waals surface area contributed by atoms with Crippen LogP contribution in [0.2, 0.25) is 0 Å². The van der Waals surface area contributed by atoms with E-state index in [1.165, 1.54) is 11.6 Å². The molecule has 2 aliphatic rings. The number of rotatable bonds is 8. The van der Waals surface area contributed by atoms with Crippen LogP contribution in [0.4, 0.5) is 5.95 Å². The highest BCUT2D eigenvalue weighted by atomic mass is 16.2. The first kappa shape index (κ1) is 24.2. The van der Waals surface area contributed by atoms with Crippen molar-refractivity contribution in [1.29, 1.82) is 0 Å². The predicted octanol–water partition coefficient (Wildman–Crippen LogP) is 4.08. The van der Waals surface area contributed by atoms with Crippen molar-refractivity contribution >= 4 is 22.9 Å². The zero-order valence-corrected chi connectivity index (χ0v) is 21.1. The number of fused-ring (bicyclic) bond motifs is 1. The highest BCUT2D eigenvalue weighted by Gasteiger charge is 2.27. The molecule has 1 aliphatic heterocycles. The van der Waals surface area contributed by atoms with E-state index in [1.54, 1.807) is 22.9 Å². The van der Waals surface area contributed by atoms with Crippen molar-refractivity contribution in [2.24, 2.45) is 0 Å². The van der Waals surface area contributed by atoms with Gasteiger partial charge in [0, 0.05) is 55.9 Å². The second-order valence-corrected chi connectivity index (χ2v) is 9.77. The van der Waals surface area contributed by atoms with E-state index < -0.39 is 0 Å². The summed E-state index contributed by atoms with van der Waals surface area (Å²) in [7, 11) is 0. The third kappa shape index (κ3) is 4.91. The molecular formula is C28H34N6O2. The molecule has 2 fully saturated rings. The van der Waals surface area contributed by atoms with Gasteiger partial charge in [-0.15, -0.1) is 0 Å². The van der Waals surface area contributed by atoms with Crippen molar-refractivity contribution in [2.45, 2.75) is 51.2 Å². The lowest BCUT2D eigenvalue weighted by molar-refractivity contribution is -0.128. The monoisotopic (exact) mass is 486 g/mol. The quantitative estimate of drug-likeness (QED) is 0.483. The fraction of sp³-hybridized carbons (Fsp3) is 0.429. The van der Waals surface area contributed by atoms with Crippen LogP contribution >= 0.6 is 0 Å². The molecule has 0 spiro atoms. The molecule has 3 aromatic rings. The van der Waals surface area contributed by atoms with Crippen LogP contribution in [0.25, 0.3) is 11.0 Å². The molecule has 0 bridgehead atoms. The van der Waals surface area contributed by atoms with Crippen LogP contribution < -0.4 is 10.9 Å². The van der Waals surface area contributed by atoms with Gasteiger partial charge in [0.1, 0.15) is 5.65 Å². The van der Waals surface area contributed by atoms with E-state index in [-0.39, 0.29) is 23.6 Å². The number of hydrogen-bond donors (Lipinski definition) is 1. The first-order valence-electron chi connectivity index (χ1n) is 12.9. The van der Waals surface area contributed by atoms with Gasteiger partial charge in [0.25, 0.3) is 5.56 Å². The number of hydrogen-bond acceptors (Lipinski definition) is 6. The van der Waals surface area contributed by atoms with Crippen LogP contribution in [-0.4, -0.2) is 56.4 Å². The minimum atomic E-state index is -0.00233. The normalized spacial score (nSPS) is 18.1. The Kier molecular flexibility index (Phi) is 6.87. The Labute approximate surface area is 211 Å². The SMILES string of the molecule is C=CC(=O)N1CCN(C(CC)c2ccc(C(C)Nc3ncc4ccc(=O)n(C5CC5)c4n3)cc2)CC1. The van der Waals surface area contributed by atoms with E-state index in [1.807, 2.05) is 4.90 Å². The summed E-state index contributed by atoms with van der Waals surface area (Å²) in [5.74, 6) is 0.539. The Morgan fingerprint density at radius 2 is 1.81 bits per heavy atom. The van der Waals surface area contributed by atoms with Gasteiger partial charge in [0.05, 0.1) is 6.04 Å². The smallest absolute Gasteiger partial charge is 0.252 e. The molecule has 188 valence electrons. The molecule has 2 aromatic heterocycles. The molecule has 8 heteroatoms. The largest absolute Gasteiger partial charge is 0.348 e. The zero-order chi connectivity index (χ0) is 25.2. The Hall–Kier alpha value is -3.52. The Bertz CT molecular complexity index is 1310. The number of anilines is 1. The average molecular weight is 487 g/mol. The first-order chi connectivity index (χ1) is 17.5. The third-order valence-electron chi connectivity index (χ3n) is 7.37. The topological polar surface area (TPSA) is 83.4 Å². The number of carbonyl (C=O) groups excluding carboxylic acids is 1. The fourth-order valence-electron chi connectivity index (χ4n) is 5.17. The molecule has 1 N–H and O–H groups in total. The van der Waals surface area contributed by atoms with Gasteiger partial charge in [-0.1, -0.05) is 37.8 Å². The summed E-state index contributed by atoms with van der Waals surface area (Å²) in [4.78, 5) is 37.8. The van der Waals surface area contributed by atoms with Crippen molar-refractivity contribution in [3.8, 4) is 0 Å². The van der Waals surface area contributed by atoms with Gasteiger partial charge < -0.3 is 10.2 Å². The van der Waals surface area contributed by atoms with Crippen molar-refractivity contribution in [2.75, 3.05) is 31.5 Å². The Morgan fingerprint density at radius 3 is 2.44 bits per heavy atom. The molecule has 1 aromatic carbocycles. The summed E-state index contributed by atoms with van der Waals surface area (Å²) >= 11 is 0. The molecule has 1 amide bonds. The molecule has 36 heavy (non-hydrogen) atoms. The minimum absolute atomic E-state index is 0.00233. The van der Waals surface area contributed by atoms with Crippen LogP contribution in [0, 0.1) is 0 Å². The van der Waals surface area contributed by atoms with Crippen LogP contribution in [0.5, 0.6) is 0 Å². The number of benzene rings is 1. The molecule has 2 atom stereocenters. The highest BCUT2D eigenvalue weighted by molar-refractivity contribution is 5.87. The first-order valence-corrected chi connectivity index (χ1v) is 12.9. The molecule has 2 unspecified atom stereocenters. The average Bonchev–Trinajstić information content (AvgIpc) is 3.74. The van der Waals surface area contributed by atoms with Crippen LogP contribution in [0.3, 0.4) is 0 Å². The van der Waals surface area contributed by atoms with Crippen molar-refractivity contribution in [3.63, 3.8) is 0 Å². The molecular weight excluding hydrogens is 452 g/mol. The van der Waals surface area contributed by atoms with E-state index in [9.17, 15) is 9.59 Å². The van der Waals surface area contributed by atoms with Gasteiger partial charge >= 0.3 is 0 Å². The van der Waals surface area contributed by atoms with Crippen LogP contribution in [0.15, 0.2) is 60.0 Å². The molecule has 1 saturated heterocycles. The van der Waals surface area contributed by atoms with E-state index >= 15 is 0 Å². The van der Waals surface area contributed by atoms with E-state index in [0.717, 1.165) is 56.4 Å². The van der Waals surface area contributed by atoms with Crippen molar-refractivity contribution in [3.05, 3.63) is 76.7 Å². The number of piperazine rings is 1. The van der Waals surface area contributed by atoms with Gasteiger partial charge in [0.15, 0.2) is 0 Å². The summed E-state index contributed by atoms with van der Waals surface area (Å²) in [5, 5.41) is 4.29. The van der Waals surface area contributed by atoms with Crippen molar-refractivity contribution in [1.82, 2.24) is 24.3 Å². The number of nitrogens with zero attached hydrogens (tertiary/aromatic N) is 5. The number of pyridine rings is 1. The fourth-order valence-corrected chi connectivity index (χ4v) is 5.17. The number of nitrogens with one attached hydrogen (secondary N) is 1. The molecule has 5 rings (SSSR count). The zero-order valence-electron chi connectivity index (χ0n) is 21.1. The second-order valence-electron chi connectivity index (χ2n) is 9.77. The molecule has 3 heterocycles. The maximum Gasteiger partial charge on any atom is 0.252 e. The lowest BCUT2D eigenvalue weighted by Crippen LogP contribution is -2.49. The number of carbonyl (C=O) groups is 1. The second kappa shape index (κ2) is 10.2. The Balaban J connectivity index is 1.27. The van der Waals surface area contributed by atoms with Gasteiger partial charge in [-0.05, 0) is 49.5 Å². The summed E-state index contributed by atoms with van der Waals surface area (Å²) in [5.41, 5.74) is 3.13. The summed E-state index contributed by atoms with van der Waals surface area (Å²) < 4.78 is 1.81. The number of aromatic nitrogens is 3. The summed E-state index contributed by atoms with van der Waals surface area (Å²) in [6, 6.07) is 12.7. The number of amides is 1. The molecule has 1 saturated carbocycles. The van der Waals surface area contributed by atoms with Gasteiger partial charge in [-0.25, -0.2) is 4.98 Å². The van der Waals surface area contributed by atoms with E-state index in [0.29, 0.717) is 17.6 Å². The van der Waals surface area contributed by atoms with Gasteiger partial charge in [-0.2, -0.15) is 4.98 Å². The van der Waals surface area contributed by atoms with Crippen molar-refractivity contribution < 1.29 is 4.79 Å². The summed E-state index contributed by atoms with van der Waals surface area (Å²) in [6.07, 6.45) is 6.24. The minimum Gasteiger partial charge on any atom is -0.348 e. The summed E-state index contributed by atoms with van der Waals surface area (Å²) in [6.45, 7) is 11.1. The Morgan fingerprint density at radius 1 is 1.11 bits per heavy atom. The lowest BCUT2D eigenvalue weighted by Gasteiger charge is -2.39.